The second-order valence-corrected chi connectivity index (χ2v) is 8.74. The van der Waals surface area contributed by atoms with Crippen molar-refractivity contribution in [3.63, 3.8) is 0 Å². The van der Waals surface area contributed by atoms with Crippen LogP contribution in [0.5, 0.6) is 0 Å². The molecule has 0 bridgehead atoms. The molecular weight excluding hydrogens is 370 g/mol. The molecule has 1 amide bonds. The van der Waals surface area contributed by atoms with Gasteiger partial charge in [-0.05, 0) is 30.9 Å². The number of hydrazine groups is 1. The minimum absolute atomic E-state index is 0.542. The Kier molecular flexibility index (Phi) is 7.93. The van der Waals surface area contributed by atoms with E-state index in [0.29, 0.717) is 13.0 Å². The summed E-state index contributed by atoms with van der Waals surface area (Å²) in [5.74, 6) is 4.82. The SMILES string of the molecule is C/C(=C\[C@H]([C@@H](NN)C(=O)NOC1CCCCO1)S(C)(=O)=O)c1ccccc1. The van der Waals surface area contributed by atoms with Gasteiger partial charge in [0.15, 0.2) is 16.1 Å². The molecule has 1 aliphatic heterocycles. The van der Waals surface area contributed by atoms with Gasteiger partial charge in [0.05, 0.1) is 0 Å². The van der Waals surface area contributed by atoms with Crippen LogP contribution in [0.1, 0.15) is 31.7 Å². The summed E-state index contributed by atoms with van der Waals surface area (Å²) in [6, 6.07) is 8.08. The number of carbonyl (C=O) groups excluding carboxylic acids is 1. The van der Waals surface area contributed by atoms with Gasteiger partial charge in [-0.3, -0.25) is 10.6 Å². The third kappa shape index (κ3) is 6.40. The van der Waals surface area contributed by atoms with Crippen molar-refractivity contribution in [1.29, 1.82) is 0 Å². The smallest absolute Gasteiger partial charge is 0.263 e. The Morgan fingerprint density at radius 1 is 1.33 bits per heavy atom. The molecule has 2 rings (SSSR count). The van der Waals surface area contributed by atoms with Gasteiger partial charge in [0.1, 0.15) is 11.3 Å². The highest BCUT2D eigenvalue weighted by molar-refractivity contribution is 7.91. The molecule has 8 nitrogen and oxygen atoms in total. The maximum atomic E-state index is 12.5. The van der Waals surface area contributed by atoms with Crippen molar-refractivity contribution in [2.45, 2.75) is 43.8 Å². The summed E-state index contributed by atoms with van der Waals surface area (Å²) in [5.41, 5.74) is 6.14. The first-order chi connectivity index (χ1) is 12.8. The summed E-state index contributed by atoms with van der Waals surface area (Å²) in [5, 5.41) is -1.17. The summed E-state index contributed by atoms with van der Waals surface area (Å²) in [6.07, 6.45) is 4.58. The fraction of sp³-hybridized carbons (Fsp3) is 0.500. The molecule has 9 heteroatoms. The Bertz CT molecular complexity index is 746. The fourth-order valence-corrected chi connectivity index (χ4v) is 3.97. The van der Waals surface area contributed by atoms with Crippen LogP contribution in [0.3, 0.4) is 0 Å². The lowest BCUT2D eigenvalue weighted by Crippen LogP contribution is -2.56. The minimum atomic E-state index is -3.63. The number of hydrogen-bond donors (Lipinski definition) is 3. The first kappa shape index (κ1) is 21.5. The third-order valence-corrected chi connectivity index (χ3v) is 5.75. The molecule has 1 saturated heterocycles. The molecule has 0 aliphatic carbocycles. The molecule has 1 fully saturated rings. The van der Waals surface area contributed by atoms with E-state index >= 15 is 0 Å². The number of amides is 1. The van der Waals surface area contributed by atoms with E-state index in [4.69, 9.17) is 15.4 Å². The van der Waals surface area contributed by atoms with Crippen molar-refractivity contribution < 1.29 is 22.8 Å². The molecule has 1 aromatic carbocycles. The average molecular weight is 397 g/mol. The Morgan fingerprint density at radius 2 is 2.04 bits per heavy atom. The molecule has 1 heterocycles. The molecule has 0 spiro atoms. The average Bonchev–Trinajstić information content (AvgIpc) is 2.66. The zero-order chi connectivity index (χ0) is 19.9. The van der Waals surface area contributed by atoms with Crippen LogP contribution in [0.25, 0.3) is 5.57 Å². The van der Waals surface area contributed by atoms with Gasteiger partial charge in [0, 0.05) is 19.3 Å². The molecular formula is C18H27N3O5S. The lowest BCUT2D eigenvalue weighted by molar-refractivity contribution is -0.201. The van der Waals surface area contributed by atoms with Crippen LogP contribution < -0.4 is 16.7 Å². The Morgan fingerprint density at radius 3 is 2.59 bits per heavy atom. The van der Waals surface area contributed by atoms with E-state index in [1.165, 1.54) is 6.08 Å². The monoisotopic (exact) mass is 397 g/mol. The molecule has 4 N–H and O–H groups in total. The van der Waals surface area contributed by atoms with Crippen LogP contribution in [-0.2, 0) is 24.2 Å². The minimum Gasteiger partial charge on any atom is -0.350 e. The first-order valence-electron chi connectivity index (χ1n) is 8.79. The van der Waals surface area contributed by atoms with E-state index in [-0.39, 0.29) is 0 Å². The number of nitrogens with two attached hydrogens (primary N) is 1. The van der Waals surface area contributed by atoms with Crippen LogP contribution in [0.15, 0.2) is 36.4 Å². The fourth-order valence-electron chi connectivity index (χ4n) is 2.82. The maximum absolute atomic E-state index is 12.5. The lowest BCUT2D eigenvalue weighted by Gasteiger charge is -2.25. The van der Waals surface area contributed by atoms with E-state index < -0.39 is 33.3 Å². The number of nitrogens with one attached hydrogen (secondary N) is 2. The zero-order valence-electron chi connectivity index (χ0n) is 15.6. The lowest BCUT2D eigenvalue weighted by atomic mass is 10.0. The van der Waals surface area contributed by atoms with Crippen LogP contribution in [0.2, 0.25) is 0 Å². The number of hydroxylamine groups is 1. The molecule has 27 heavy (non-hydrogen) atoms. The number of hydrogen-bond acceptors (Lipinski definition) is 7. The van der Waals surface area contributed by atoms with Crippen LogP contribution in [0.4, 0.5) is 0 Å². The van der Waals surface area contributed by atoms with Crippen molar-refractivity contribution in [3.05, 3.63) is 42.0 Å². The number of allylic oxidation sites excluding steroid dienone is 1. The quantitative estimate of drug-likeness (QED) is 0.440. The summed E-state index contributed by atoms with van der Waals surface area (Å²) in [4.78, 5) is 17.7. The van der Waals surface area contributed by atoms with E-state index in [0.717, 1.165) is 30.2 Å². The summed E-state index contributed by atoms with van der Waals surface area (Å²) < 4.78 is 30.0. The predicted molar refractivity (Wildman–Crippen MR) is 103 cm³/mol. The van der Waals surface area contributed by atoms with Crippen molar-refractivity contribution in [2.75, 3.05) is 12.9 Å². The van der Waals surface area contributed by atoms with Gasteiger partial charge in [0.2, 0.25) is 0 Å². The number of carbonyl (C=O) groups is 1. The standard InChI is InChI=1S/C18H27N3O5S/c1-13(14-8-4-3-5-9-14)12-15(27(2,23)24)17(20-19)18(22)21-26-16-10-6-7-11-25-16/h3-5,8-9,12,15-17,20H,6-7,10-11,19H2,1-2H3,(H,21,22)/b13-12+/t15-,16?,17-/m1/s1. The van der Waals surface area contributed by atoms with Gasteiger partial charge < -0.3 is 4.74 Å². The predicted octanol–water partition coefficient (Wildman–Crippen LogP) is 0.909. The second-order valence-electron chi connectivity index (χ2n) is 6.53. The molecule has 0 radical (unpaired) electrons. The van der Waals surface area contributed by atoms with Crippen molar-refractivity contribution >= 4 is 21.3 Å². The first-order valence-corrected chi connectivity index (χ1v) is 10.7. The highest BCUT2D eigenvalue weighted by atomic mass is 32.2. The van der Waals surface area contributed by atoms with Gasteiger partial charge in [-0.1, -0.05) is 36.4 Å². The molecule has 0 aromatic heterocycles. The maximum Gasteiger partial charge on any atom is 0.263 e. The molecule has 0 saturated carbocycles. The van der Waals surface area contributed by atoms with E-state index in [1.54, 1.807) is 6.92 Å². The number of ether oxygens (including phenoxy) is 1. The Labute approximate surface area is 159 Å². The molecule has 3 atom stereocenters. The largest absolute Gasteiger partial charge is 0.350 e. The van der Waals surface area contributed by atoms with Gasteiger partial charge in [-0.15, -0.1) is 0 Å². The zero-order valence-corrected chi connectivity index (χ0v) is 16.4. The topological polar surface area (TPSA) is 120 Å². The molecule has 1 aromatic rings. The number of benzene rings is 1. The second kappa shape index (κ2) is 9.95. The van der Waals surface area contributed by atoms with Gasteiger partial charge in [0.25, 0.3) is 5.91 Å². The summed E-state index contributed by atoms with van der Waals surface area (Å²) in [7, 11) is -3.63. The van der Waals surface area contributed by atoms with Gasteiger partial charge in [-0.25, -0.2) is 24.2 Å². The summed E-state index contributed by atoms with van der Waals surface area (Å²) in [6.45, 7) is 2.34. The Hall–Kier alpha value is -1.78. The van der Waals surface area contributed by atoms with Gasteiger partial charge >= 0.3 is 0 Å². The van der Waals surface area contributed by atoms with E-state index in [9.17, 15) is 13.2 Å². The number of sulfone groups is 1. The van der Waals surface area contributed by atoms with Gasteiger partial charge in [-0.2, -0.15) is 0 Å². The molecule has 1 aliphatic rings. The van der Waals surface area contributed by atoms with Crippen molar-refractivity contribution in [2.24, 2.45) is 5.84 Å². The normalized spacial score (nSPS) is 20.7. The van der Waals surface area contributed by atoms with Crippen LogP contribution >= 0.6 is 0 Å². The highest BCUT2D eigenvalue weighted by Gasteiger charge is 2.34. The molecule has 1 unspecified atom stereocenters. The van der Waals surface area contributed by atoms with Crippen molar-refractivity contribution in [1.82, 2.24) is 10.9 Å². The van der Waals surface area contributed by atoms with E-state index in [2.05, 4.69) is 10.9 Å². The van der Waals surface area contributed by atoms with Crippen LogP contribution in [0, 0.1) is 0 Å². The van der Waals surface area contributed by atoms with Crippen LogP contribution in [-0.4, -0.2) is 44.8 Å². The number of rotatable bonds is 8. The third-order valence-electron chi connectivity index (χ3n) is 4.36. The molecule has 150 valence electrons. The summed E-state index contributed by atoms with van der Waals surface area (Å²) >= 11 is 0. The van der Waals surface area contributed by atoms with E-state index in [1.807, 2.05) is 30.3 Å². The Balaban J connectivity index is 2.15. The van der Waals surface area contributed by atoms with Crippen molar-refractivity contribution in [3.8, 4) is 0 Å². The highest BCUT2D eigenvalue weighted by Crippen LogP contribution is 2.18.